The highest BCUT2D eigenvalue weighted by atomic mass is 19.3. The number of aromatic nitrogens is 1. The maximum absolute atomic E-state index is 13.7. The molecule has 0 spiro atoms. The van der Waals surface area contributed by atoms with Gasteiger partial charge in [-0.1, -0.05) is 30.3 Å². The highest BCUT2D eigenvalue weighted by Gasteiger charge is 2.53. The number of hydrogen-bond donors (Lipinski definition) is 1. The van der Waals surface area contributed by atoms with Crippen molar-refractivity contribution in [3.05, 3.63) is 60.2 Å². The number of nitrogens with zero attached hydrogens (tertiary/aromatic N) is 3. The number of aliphatic hydroxyl groups is 1. The summed E-state index contributed by atoms with van der Waals surface area (Å²) >= 11 is 0. The molecule has 0 aliphatic carbocycles. The summed E-state index contributed by atoms with van der Waals surface area (Å²) in [6, 6.07) is 14.8. The molecule has 1 aliphatic rings. The Labute approximate surface area is 192 Å². The molecule has 178 valence electrons. The number of amides is 1. The minimum Gasteiger partial charge on any atom is -0.490 e. The monoisotopic (exact) mass is 475 g/mol. The number of rotatable bonds is 6. The van der Waals surface area contributed by atoms with Crippen LogP contribution in [0.5, 0.6) is 5.75 Å². The van der Waals surface area contributed by atoms with E-state index in [2.05, 4.69) is 10.1 Å². The fourth-order valence-corrected chi connectivity index (χ4v) is 3.74. The Balaban J connectivity index is 1.89. The third-order valence-electron chi connectivity index (χ3n) is 5.30. The summed E-state index contributed by atoms with van der Waals surface area (Å²) in [5.41, 5.74) is -3.11. The van der Waals surface area contributed by atoms with Crippen LogP contribution in [0, 0.1) is 0 Å². The molecule has 1 aliphatic heterocycles. The van der Waals surface area contributed by atoms with E-state index in [0.717, 1.165) is 0 Å². The average molecular weight is 475 g/mol. The first-order valence-electron chi connectivity index (χ1n) is 10.5. The molecule has 2 heterocycles. The number of fused-ring (bicyclic) bond motifs is 1. The summed E-state index contributed by atoms with van der Waals surface area (Å²) in [4.78, 5) is 18.0. The zero-order valence-electron chi connectivity index (χ0n) is 18.3. The second kappa shape index (κ2) is 9.02. The number of carbonyl (C=O) groups excluding carboxylic acids is 1. The fourth-order valence-electron chi connectivity index (χ4n) is 3.74. The Morgan fingerprint density at radius 3 is 2.44 bits per heavy atom. The summed E-state index contributed by atoms with van der Waals surface area (Å²) in [5.74, 6) is -0.664. The van der Waals surface area contributed by atoms with Gasteiger partial charge in [0.15, 0.2) is 0 Å². The summed E-state index contributed by atoms with van der Waals surface area (Å²) in [6.07, 6.45) is -8.04. The Bertz CT molecular complexity index is 1270. The zero-order chi connectivity index (χ0) is 24.6. The van der Waals surface area contributed by atoms with Crippen molar-refractivity contribution < 1.29 is 32.2 Å². The lowest BCUT2D eigenvalue weighted by Gasteiger charge is -2.30. The number of hydrogen-bond acceptors (Lipinski definition) is 5. The molecule has 10 heteroatoms. The van der Waals surface area contributed by atoms with Crippen molar-refractivity contribution >= 4 is 22.5 Å². The second-order valence-electron chi connectivity index (χ2n) is 8.10. The molecule has 1 unspecified atom stereocenters. The van der Waals surface area contributed by atoms with Crippen LogP contribution in [0.25, 0.3) is 22.2 Å². The van der Waals surface area contributed by atoms with E-state index in [0.29, 0.717) is 22.5 Å². The average Bonchev–Trinajstić information content (AvgIpc) is 3.17. The third-order valence-corrected chi connectivity index (χ3v) is 5.30. The molecule has 1 aromatic heterocycles. The molecule has 2 aromatic carbocycles. The molecule has 34 heavy (non-hydrogen) atoms. The number of pyridine rings is 1. The Morgan fingerprint density at radius 1 is 1.09 bits per heavy atom. The molecule has 4 rings (SSSR count). The van der Waals surface area contributed by atoms with Crippen molar-refractivity contribution in [2.45, 2.75) is 44.9 Å². The molecule has 0 fully saturated rings. The SMILES string of the molecule is CC(C)Oc1ccccc1-c1cc(C(=O)N2N=C(C(F)F)CC2(O)C(F)F)c2ccccc2n1. The van der Waals surface area contributed by atoms with Gasteiger partial charge in [0.05, 0.1) is 22.9 Å². The van der Waals surface area contributed by atoms with Gasteiger partial charge in [-0.3, -0.25) is 4.79 Å². The van der Waals surface area contributed by atoms with Gasteiger partial charge in [-0.25, -0.2) is 22.5 Å². The number of para-hydroxylation sites is 2. The van der Waals surface area contributed by atoms with E-state index < -0.39 is 36.6 Å². The second-order valence-corrected chi connectivity index (χ2v) is 8.10. The summed E-state index contributed by atoms with van der Waals surface area (Å²) in [6.45, 7) is 3.69. The molecule has 1 atom stereocenters. The molecule has 3 aromatic rings. The number of benzene rings is 2. The maximum Gasteiger partial charge on any atom is 0.287 e. The molecular formula is C24H21F4N3O3. The van der Waals surface area contributed by atoms with Crippen LogP contribution in [0.4, 0.5) is 17.6 Å². The quantitative estimate of drug-likeness (QED) is 0.503. The lowest BCUT2D eigenvalue weighted by atomic mass is 10.0. The summed E-state index contributed by atoms with van der Waals surface area (Å²) < 4.78 is 59.7. The largest absolute Gasteiger partial charge is 0.490 e. The van der Waals surface area contributed by atoms with Gasteiger partial charge in [0.25, 0.3) is 18.8 Å². The molecule has 1 N–H and O–H groups in total. The van der Waals surface area contributed by atoms with Gasteiger partial charge < -0.3 is 9.84 Å². The topological polar surface area (TPSA) is 75.0 Å². The number of carbonyl (C=O) groups is 1. The van der Waals surface area contributed by atoms with E-state index in [1.807, 2.05) is 13.8 Å². The van der Waals surface area contributed by atoms with Crippen molar-refractivity contribution in [1.29, 1.82) is 0 Å². The summed E-state index contributed by atoms with van der Waals surface area (Å²) in [5, 5.41) is 14.2. The molecule has 0 radical (unpaired) electrons. The van der Waals surface area contributed by atoms with Crippen LogP contribution in [0.3, 0.4) is 0 Å². The van der Waals surface area contributed by atoms with Crippen LogP contribution < -0.4 is 4.74 Å². The first kappa shape index (κ1) is 23.6. The van der Waals surface area contributed by atoms with Gasteiger partial charge in [-0.2, -0.15) is 10.1 Å². The van der Waals surface area contributed by atoms with E-state index in [1.165, 1.54) is 6.07 Å². The van der Waals surface area contributed by atoms with Crippen molar-refractivity contribution in [1.82, 2.24) is 9.99 Å². The lowest BCUT2D eigenvalue weighted by Crippen LogP contribution is -2.51. The van der Waals surface area contributed by atoms with Crippen molar-refractivity contribution in [2.24, 2.45) is 5.10 Å². The number of hydrazone groups is 1. The molecule has 6 nitrogen and oxygen atoms in total. The first-order chi connectivity index (χ1) is 16.1. The Morgan fingerprint density at radius 2 is 1.76 bits per heavy atom. The highest BCUT2D eigenvalue weighted by molar-refractivity contribution is 6.08. The van der Waals surface area contributed by atoms with Crippen LogP contribution in [-0.2, 0) is 0 Å². The van der Waals surface area contributed by atoms with E-state index in [-0.39, 0.29) is 22.1 Å². The Hall–Kier alpha value is -3.53. The summed E-state index contributed by atoms with van der Waals surface area (Å²) in [7, 11) is 0. The van der Waals surface area contributed by atoms with E-state index in [9.17, 15) is 27.5 Å². The number of ether oxygens (including phenoxy) is 1. The Kier molecular flexibility index (Phi) is 6.26. The van der Waals surface area contributed by atoms with Crippen LogP contribution in [0.1, 0.15) is 30.6 Å². The van der Waals surface area contributed by atoms with Crippen molar-refractivity contribution in [3.63, 3.8) is 0 Å². The lowest BCUT2D eigenvalue weighted by molar-refractivity contribution is -0.164. The van der Waals surface area contributed by atoms with Gasteiger partial charge in [-0.15, -0.1) is 0 Å². The normalized spacial score (nSPS) is 18.3. The third kappa shape index (κ3) is 4.21. The number of alkyl halides is 4. The molecular weight excluding hydrogens is 454 g/mol. The van der Waals surface area contributed by atoms with Gasteiger partial charge in [0.2, 0.25) is 5.72 Å². The highest BCUT2D eigenvalue weighted by Crippen LogP contribution is 2.37. The van der Waals surface area contributed by atoms with Gasteiger partial charge >= 0.3 is 0 Å². The van der Waals surface area contributed by atoms with E-state index >= 15 is 0 Å². The van der Waals surface area contributed by atoms with E-state index in [1.54, 1.807) is 48.5 Å². The van der Waals surface area contributed by atoms with E-state index in [4.69, 9.17) is 4.74 Å². The smallest absolute Gasteiger partial charge is 0.287 e. The van der Waals surface area contributed by atoms with Crippen molar-refractivity contribution in [2.75, 3.05) is 0 Å². The maximum atomic E-state index is 13.7. The van der Waals surface area contributed by atoms with Gasteiger partial charge in [0, 0.05) is 17.4 Å². The van der Waals surface area contributed by atoms with Crippen LogP contribution in [-0.4, -0.2) is 51.4 Å². The van der Waals surface area contributed by atoms with Gasteiger partial charge in [0.1, 0.15) is 11.5 Å². The van der Waals surface area contributed by atoms with Crippen LogP contribution in [0.2, 0.25) is 0 Å². The van der Waals surface area contributed by atoms with Crippen LogP contribution >= 0.6 is 0 Å². The van der Waals surface area contributed by atoms with Crippen molar-refractivity contribution in [3.8, 4) is 17.0 Å². The predicted molar refractivity (Wildman–Crippen MR) is 118 cm³/mol. The minimum absolute atomic E-state index is 0.0568. The number of halogens is 4. The standard InChI is InChI=1S/C24H21F4N3O3/c1-13(2)34-20-10-6-4-8-15(20)18-11-16(14-7-3-5-9-17(14)29-18)22(32)31-24(33,23(27)28)12-19(30-31)21(25)26/h3-11,13,21,23,33H,12H2,1-2H3. The fraction of sp³-hybridized carbons (Fsp3) is 0.292. The van der Waals surface area contributed by atoms with Gasteiger partial charge in [-0.05, 0) is 38.1 Å². The predicted octanol–water partition coefficient (Wildman–Crippen LogP) is 5.11. The molecule has 0 saturated heterocycles. The zero-order valence-corrected chi connectivity index (χ0v) is 18.3. The molecule has 1 amide bonds. The van der Waals surface area contributed by atoms with Crippen LogP contribution in [0.15, 0.2) is 59.7 Å². The molecule has 0 saturated carbocycles. The minimum atomic E-state index is -3.52. The molecule has 0 bridgehead atoms. The first-order valence-corrected chi connectivity index (χ1v) is 10.5.